The molecule has 1 unspecified atom stereocenters. The van der Waals surface area contributed by atoms with E-state index in [4.69, 9.17) is 10.5 Å². The normalized spacial score (nSPS) is 26.0. The van der Waals surface area contributed by atoms with Gasteiger partial charge in [-0.3, -0.25) is 0 Å². The van der Waals surface area contributed by atoms with E-state index in [1.165, 1.54) is 11.1 Å². The van der Waals surface area contributed by atoms with E-state index >= 15 is 0 Å². The Morgan fingerprint density at radius 3 is 3.00 bits per heavy atom. The summed E-state index contributed by atoms with van der Waals surface area (Å²) in [6.07, 6.45) is 2.08. The first-order chi connectivity index (χ1) is 6.26. The van der Waals surface area contributed by atoms with Gasteiger partial charge in [-0.1, -0.05) is 24.3 Å². The third-order valence-electron chi connectivity index (χ3n) is 2.80. The fraction of sp³-hybridized carbons (Fsp3) is 0.455. The van der Waals surface area contributed by atoms with Crippen molar-refractivity contribution < 1.29 is 4.74 Å². The average molecular weight is 177 g/mol. The average Bonchev–Trinajstić information content (AvgIpc) is 2.46. The Balaban J connectivity index is 2.37. The third-order valence-corrected chi connectivity index (χ3v) is 2.80. The van der Waals surface area contributed by atoms with Crippen LogP contribution in [0.5, 0.6) is 0 Å². The minimum absolute atomic E-state index is 0.245. The molecule has 0 fully saturated rings. The summed E-state index contributed by atoms with van der Waals surface area (Å²) < 4.78 is 5.16. The molecule has 1 aromatic carbocycles. The minimum Gasteiger partial charge on any atom is -0.382 e. The second-order valence-electron chi connectivity index (χ2n) is 3.75. The number of methoxy groups -OCH3 is 1. The smallest absolute Gasteiger partial charge is 0.0684 e. The number of hydrogen-bond donors (Lipinski definition) is 1. The SMILES string of the molecule is COCC1(N)CCc2ccccc21. The number of benzene rings is 1. The van der Waals surface area contributed by atoms with Crippen LogP contribution in [0.15, 0.2) is 24.3 Å². The molecule has 0 aromatic heterocycles. The lowest BCUT2D eigenvalue weighted by molar-refractivity contribution is 0.132. The van der Waals surface area contributed by atoms with Crippen LogP contribution in [0, 0.1) is 0 Å². The Morgan fingerprint density at radius 1 is 1.46 bits per heavy atom. The lowest BCUT2D eigenvalue weighted by Crippen LogP contribution is -2.38. The predicted octanol–water partition coefficient (Wildman–Crippen LogP) is 1.43. The molecule has 0 amide bonds. The molecule has 0 aliphatic heterocycles. The first-order valence-electron chi connectivity index (χ1n) is 4.62. The summed E-state index contributed by atoms with van der Waals surface area (Å²) in [4.78, 5) is 0. The molecule has 0 saturated carbocycles. The molecule has 2 heteroatoms. The molecule has 1 atom stereocenters. The van der Waals surface area contributed by atoms with Crippen LogP contribution in [0.3, 0.4) is 0 Å². The zero-order chi connectivity index (χ0) is 9.31. The quantitative estimate of drug-likeness (QED) is 0.741. The molecule has 1 aliphatic carbocycles. The van der Waals surface area contributed by atoms with Crippen LogP contribution in [-0.2, 0) is 16.7 Å². The summed E-state index contributed by atoms with van der Waals surface area (Å²) >= 11 is 0. The van der Waals surface area contributed by atoms with Gasteiger partial charge in [0.2, 0.25) is 0 Å². The van der Waals surface area contributed by atoms with Crippen LogP contribution in [0.4, 0.5) is 0 Å². The third kappa shape index (κ3) is 1.36. The number of fused-ring (bicyclic) bond motifs is 1. The number of hydrogen-bond acceptors (Lipinski definition) is 2. The summed E-state index contributed by atoms with van der Waals surface area (Å²) in [5.74, 6) is 0. The summed E-state index contributed by atoms with van der Waals surface area (Å²) in [5, 5.41) is 0. The molecule has 2 nitrogen and oxygen atoms in total. The first-order valence-corrected chi connectivity index (χ1v) is 4.62. The van der Waals surface area contributed by atoms with Gasteiger partial charge in [-0.25, -0.2) is 0 Å². The molecule has 0 heterocycles. The molecule has 0 spiro atoms. The van der Waals surface area contributed by atoms with Gasteiger partial charge >= 0.3 is 0 Å². The van der Waals surface area contributed by atoms with Crippen molar-refractivity contribution in [3.63, 3.8) is 0 Å². The highest BCUT2D eigenvalue weighted by Gasteiger charge is 2.34. The maximum absolute atomic E-state index is 6.26. The van der Waals surface area contributed by atoms with Crippen molar-refractivity contribution in [2.24, 2.45) is 5.73 Å². The predicted molar refractivity (Wildman–Crippen MR) is 52.5 cm³/mol. The van der Waals surface area contributed by atoms with E-state index in [0.717, 1.165) is 12.8 Å². The van der Waals surface area contributed by atoms with Crippen LogP contribution in [0.25, 0.3) is 0 Å². The molecule has 2 rings (SSSR count). The molecule has 70 valence electrons. The highest BCUT2D eigenvalue weighted by Crippen LogP contribution is 2.34. The van der Waals surface area contributed by atoms with Crippen molar-refractivity contribution in [2.75, 3.05) is 13.7 Å². The molecule has 13 heavy (non-hydrogen) atoms. The fourth-order valence-corrected chi connectivity index (χ4v) is 2.12. The molecule has 0 bridgehead atoms. The molecular weight excluding hydrogens is 162 g/mol. The van der Waals surface area contributed by atoms with E-state index in [1.807, 2.05) is 6.07 Å². The second-order valence-corrected chi connectivity index (χ2v) is 3.75. The number of rotatable bonds is 2. The van der Waals surface area contributed by atoms with Gasteiger partial charge in [0.1, 0.15) is 0 Å². The molecule has 2 N–H and O–H groups in total. The zero-order valence-corrected chi connectivity index (χ0v) is 7.92. The van der Waals surface area contributed by atoms with Gasteiger partial charge < -0.3 is 10.5 Å². The largest absolute Gasteiger partial charge is 0.382 e. The van der Waals surface area contributed by atoms with Gasteiger partial charge in [0.25, 0.3) is 0 Å². The van der Waals surface area contributed by atoms with Crippen LogP contribution < -0.4 is 5.73 Å². The molecule has 1 aliphatic rings. The van der Waals surface area contributed by atoms with E-state index in [0.29, 0.717) is 6.61 Å². The highest BCUT2D eigenvalue weighted by molar-refractivity contribution is 5.38. The summed E-state index contributed by atoms with van der Waals surface area (Å²) in [5.41, 5.74) is 8.65. The first kappa shape index (κ1) is 8.73. The maximum Gasteiger partial charge on any atom is 0.0684 e. The van der Waals surface area contributed by atoms with Gasteiger partial charge in [-0.05, 0) is 24.0 Å². The van der Waals surface area contributed by atoms with Crippen molar-refractivity contribution in [3.8, 4) is 0 Å². The summed E-state index contributed by atoms with van der Waals surface area (Å²) in [7, 11) is 1.70. The van der Waals surface area contributed by atoms with Gasteiger partial charge in [0, 0.05) is 7.11 Å². The van der Waals surface area contributed by atoms with Crippen molar-refractivity contribution in [2.45, 2.75) is 18.4 Å². The molecule has 1 aromatic rings. The Labute approximate surface area is 78.7 Å². The van der Waals surface area contributed by atoms with Crippen LogP contribution in [0.1, 0.15) is 17.5 Å². The number of ether oxygens (including phenoxy) is 1. The van der Waals surface area contributed by atoms with Gasteiger partial charge in [-0.15, -0.1) is 0 Å². The van der Waals surface area contributed by atoms with E-state index < -0.39 is 0 Å². The zero-order valence-electron chi connectivity index (χ0n) is 7.92. The van der Waals surface area contributed by atoms with Gasteiger partial charge in [0.05, 0.1) is 12.1 Å². The van der Waals surface area contributed by atoms with Crippen molar-refractivity contribution in [3.05, 3.63) is 35.4 Å². The Hall–Kier alpha value is -0.860. The highest BCUT2D eigenvalue weighted by atomic mass is 16.5. The van der Waals surface area contributed by atoms with Crippen molar-refractivity contribution in [1.82, 2.24) is 0 Å². The Kier molecular flexibility index (Phi) is 2.10. The minimum atomic E-state index is -0.245. The Bertz CT molecular complexity index is 307. The van der Waals surface area contributed by atoms with Crippen LogP contribution >= 0.6 is 0 Å². The molecule has 0 saturated heterocycles. The monoisotopic (exact) mass is 177 g/mol. The lowest BCUT2D eigenvalue weighted by Gasteiger charge is -2.24. The van der Waals surface area contributed by atoms with Crippen molar-refractivity contribution >= 4 is 0 Å². The second kappa shape index (κ2) is 3.13. The van der Waals surface area contributed by atoms with E-state index in [2.05, 4.69) is 18.2 Å². The molecule has 0 radical (unpaired) electrons. The topological polar surface area (TPSA) is 35.2 Å². The maximum atomic E-state index is 6.26. The van der Waals surface area contributed by atoms with Gasteiger partial charge in [-0.2, -0.15) is 0 Å². The number of nitrogens with two attached hydrogens (primary N) is 1. The molecular formula is C11H15NO. The van der Waals surface area contributed by atoms with E-state index in [1.54, 1.807) is 7.11 Å². The van der Waals surface area contributed by atoms with Crippen LogP contribution in [0.2, 0.25) is 0 Å². The van der Waals surface area contributed by atoms with Crippen LogP contribution in [-0.4, -0.2) is 13.7 Å². The van der Waals surface area contributed by atoms with E-state index in [-0.39, 0.29) is 5.54 Å². The summed E-state index contributed by atoms with van der Waals surface area (Å²) in [6.45, 7) is 0.615. The van der Waals surface area contributed by atoms with Gasteiger partial charge in [0.15, 0.2) is 0 Å². The summed E-state index contributed by atoms with van der Waals surface area (Å²) in [6, 6.07) is 8.37. The number of aryl methyl sites for hydroxylation is 1. The van der Waals surface area contributed by atoms with E-state index in [9.17, 15) is 0 Å². The Morgan fingerprint density at radius 2 is 2.23 bits per heavy atom. The lowest BCUT2D eigenvalue weighted by atomic mass is 9.94. The van der Waals surface area contributed by atoms with Crippen molar-refractivity contribution in [1.29, 1.82) is 0 Å². The fourth-order valence-electron chi connectivity index (χ4n) is 2.12. The standard InChI is InChI=1S/C11H15NO/c1-13-8-11(12)7-6-9-4-2-3-5-10(9)11/h2-5H,6-8,12H2,1H3.